The van der Waals surface area contributed by atoms with Gasteiger partial charge in [0.2, 0.25) is 5.91 Å². The minimum atomic E-state index is -1.03. The van der Waals surface area contributed by atoms with Crippen LogP contribution < -0.4 is 0 Å². The maximum atomic E-state index is 12.7. The number of ether oxygens (including phenoxy) is 1. The molecule has 2 atom stereocenters. The zero-order valence-corrected chi connectivity index (χ0v) is 15.3. The number of carbonyl (C=O) groups is 2. The summed E-state index contributed by atoms with van der Waals surface area (Å²) >= 11 is 12.0. The molecule has 0 radical (unpaired) electrons. The quantitative estimate of drug-likeness (QED) is 0.857. The lowest BCUT2D eigenvalue weighted by Crippen LogP contribution is -2.41. The number of amides is 1. The second-order valence-corrected chi connectivity index (χ2v) is 7.19. The number of rotatable bonds is 4. The van der Waals surface area contributed by atoms with Crippen molar-refractivity contribution < 1.29 is 19.4 Å². The summed E-state index contributed by atoms with van der Waals surface area (Å²) < 4.78 is 5.59. The van der Waals surface area contributed by atoms with Gasteiger partial charge in [-0.3, -0.25) is 4.79 Å². The van der Waals surface area contributed by atoms with E-state index in [1.165, 1.54) is 0 Å². The van der Waals surface area contributed by atoms with E-state index < -0.39 is 11.9 Å². The summed E-state index contributed by atoms with van der Waals surface area (Å²) in [6, 6.07) is 4.98. The molecule has 0 aromatic heterocycles. The normalized spacial score (nSPS) is 24.1. The lowest BCUT2D eigenvalue weighted by Gasteiger charge is -2.35. The van der Waals surface area contributed by atoms with Crippen molar-refractivity contribution in [1.82, 2.24) is 4.90 Å². The third kappa shape index (κ3) is 3.68. The Morgan fingerprint density at radius 3 is 2.72 bits per heavy atom. The number of nitrogens with zero attached hydrogens (tertiary/aromatic N) is 1. The second-order valence-electron chi connectivity index (χ2n) is 6.37. The first-order valence-corrected chi connectivity index (χ1v) is 8.95. The third-order valence-electron chi connectivity index (χ3n) is 4.81. The summed E-state index contributed by atoms with van der Waals surface area (Å²) in [5.74, 6) is -1.67. The van der Waals surface area contributed by atoms with Crippen LogP contribution in [0, 0.1) is 0 Å². The van der Waals surface area contributed by atoms with Gasteiger partial charge in [-0.25, -0.2) is 4.79 Å². The molecule has 2 heterocycles. The van der Waals surface area contributed by atoms with Gasteiger partial charge in [-0.05, 0) is 37.5 Å². The Morgan fingerprint density at radius 2 is 2.12 bits per heavy atom. The Hall–Kier alpha value is -1.56. The van der Waals surface area contributed by atoms with Crippen LogP contribution in [0.3, 0.4) is 0 Å². The average molecular weight is 384 g/mol. The lowest BCUT2D eigenvalue weighted by atomic mass is 9.83. The van der Waals surface area contributed by atoms with E-state index in [1.807, 2.05) is 0 Å². The summed E-state index contributed by atoms with van der Waals surface area (Å²) in [6.45, 7) is 2.77. The highest BCUT2D eigenvalue weighted by Crippen LogP contribution is 2.38. The highest BCUT2D eigenvalue weighted by atomic mass is 35.5. The molecule has 0 aliphatic carbocycles. The number of carboxylic acids is 1. The van der Waals surface area contributed by atoms with Crippen molar-refractivity contribution in [3.63, 3.8) is 0 Å². The highest BCUT2D eigenvalue weighted by molar-refractivity contribution is 6.42. The molecule has 3 rings (SSSR count). The molecule has 1 fully saturated rings. The van der Waals surface area contributed by atoms with Crippen molar-refractivity contribution in [3.05, 3.63) is 45.1 Å². The molecule has 0 spiro atoms. The summed E-state index contributed by atoms with van der Waals surface area (Å²) in [5.41, 5.74) is 1.36. The molecule has 0 unspecified atom stereocenters. The molecule has 25 heavy (non-hydrogen) atoms. The van der Waals surface area contributed by atoms with E-state index in [9.17, 15) is 14.7 Å². The van der Waals surface area contributed by atoms with Gasteiger partial charge in [0, 0.05) is 24.6 Å². The van der Waals surface area contributed by atoms with E-state index in [1.54, 1.807) is 30.0 Å². The number of halogens is 2. The van der Waals surface area contributed by atoms with Crippen LogP contribution in [0.25, 0.3) is 0 Å². The summed E-state index contributed by atoms with van der Waals surface area (Å²) in [4.78, 5) is 26.1. The van der Waals surface area contributed by atoms with E-state index in [0.29, 0.717) is 34.5 Å². The molecule has 0 bridgehead atoms. The molecule has 1 saturated heterocycles. The van der Waals surface area contributed by atoms with Crippen molar-refractivity contribution in [2.24, 2.45) is 0 Å². The van der Waals surface area contributed by atoms with Gasteiger partial charge >= 0.3 is 5.97 Å². The van der Waals surface area contributed by atoms with Gasteiger partial charge in [0.05, 0.1) is 28.3 Å². The van der Waals surface area contributed by atoms with Crippen molar-refractivity contribution in [3.8, 4) is 0 Å². The Morgan fingerprint density at radius 1 is 1.36 bits per heavy atom. The summed E-state index contributed by atoms with van der Waals surface area (Å²) in [7, 11) is 0. The van der Waals surface area contributed by atoms with Crippen molar-refractivity contribution in [2.45, 2.75) is 38.2 Å². The van der Waals surface area contributed by atoms with Gasteiger partial charge in [0.15, 0.2) is 0 Å². The number of hydrogen-bond acceptors (Lipinski definition) is 3. The minimum Gasteiger partial charge on any atom is -0.478 e. The van der Waals surface area contributed by atoms with Gasteiger partial charge in [0.1, 0.15) is 0 Å². The SMILES string of the molecule is CC1=C(C(=O)O)[C@H](c2ccc(Cl)c(Cl)c2)CC(=O)N1C[C@H]1CCCO1. The van der Waals surface area contributed by atoms with Crippen molar-refractivity contribution in [2.75, 3.05) is 13.2 Å². The minimum absolute atomic E-state index is 0.0320. The first-order chi connectivity index (χ1) is 11.9. The molecule has 1 N–H and O–H groups in total. The molecular formula is C18H19Cl2NO4. The van der Waals surface area contributed by atoms with Crippen LogP contribution in [-0.4, -0.2) is 41.1 Å². The van der Waals surface area contributed by atoms with Crippen LogP contribution in [0.5, 0.6) is 0 Å². The summed E-state index contributed by atoms with van der Waals surface area (Å²) in [6.07, 6.45) is 1.91. The molecule has 1 aromatic rings. The van der Waals surface area contributed by atoms with Gasteiger partial charge in [-0.1, -0.05) is 29.3 Å². The molecule has 7 heteroatoms. The van der Waals surface area contributed by atoms with E-state index >= 15 is 0 Å². The fourth-order valence-electron chi connectivity index (χ4n) is 3.52. The Balaban J connectivity index is 1.97. The Labute approximate surface area is 156 Å². The summed E-state index contributed by atoms with van der Waals surface area (Å²) in [5, 5.41) is 10.5. The fourth-order valence-corrected chi connectivity index (χ4v) is 3.83. The average Bonchev–Trinajstić information content (AvgIpc) is 3.06. The third-order valence-corrected chi connectivity index (χ3v) is 5.55. The molecule has 134 valence electrons. The monoisotopic (exact) mass is 383 g/mol. The van der Waals surface area contributed by atoms with Crippen LogP contribution in [-0.2, 0) is 14.3 Å². The number of allylic oxidation sites excluding steroid dienone is 1. The zero-order chi connectivity index (χ0) is 18.1. The van der Waals surface area contributed by atoms with Crippen LogP contribution in [0.15, 0.2) is 29.5 Å². The number of carbonyl (C=O) groups excluding carboxylic acids is 1. The van der Waals surface area contributed by atoms with Crippen LogP contribution in [0.1, 0.15) is 37.7 Å². The standard InChI is InChI=1S/C18H19Cl2NO4/c1-10-17(18(23)24)13(11-4-5-14(19)15(20)7-11)8-16(22)21(10)9-12-3-2-6-25-12/h4-5,7,12-13H,2-3,6,8-9H2,1H3,(H,23,24)/t12-,13+/m1/s1. The molecule has 2 aliphatic rings. The second kappa shape index (κ2) is 7.36. The number of hydrogen-bond donors (Lipinski definition) is 1. The van der Waals surface area contributed by atoms with Crippen LogP contribution in [0.2, 0.25) is 10.0 Å². The zero-order valence-electron chi connectivity index (χ0n) is 13.8. The van der Waals surface area contributed by atoms with Crippen LogP contribution >= 0.6 is 23.2 Å². The highest BCUT2D eigenvalue weighted by Gasteiger charge is 2.37. The smallest absolute Gasteiger partial charge is 0.333 e. The van der Waals surface area contributed by atoms with E-state index in [4.69, 9.17) is 27.9 Å². The first kappa shape index (κ1) is 18.2. The van der Waals surface area contributed by atoms with E-state index in [-0.39, 0.29) is 24.0 Å². The maximum absolute atomic E-state index is 12.7. The largest absolute Gasteiger partial charge is 0.478 e. The molecule has 0 saturated carbocycles. The first-order valence-electron chi connectivity index (χ1n) is 8.19. The Kier molecular flexibility index (Phi) is 5.37. The molecule has 1 amide bonds. The fraction of sp³-hybridized carbons (Fsp3) is 0.444. The number of benzene rings is 1. The van der Waals surface area contributed by atoms with Gasteiger partial charge in [-0.15, -0.1) is 0 Å². The van der Waals surface area contributed by atoms with E-state index in [0.717, 1.165) is 12.8 Å². The molecular weight excluding hydrogens is 365 g/mol. The molecule has 2 aliphatic heterocycles. The van der Waals surface area contributed by atoms with Crippen molar-refractivity contribution >= 4 is 35.1 Å². The van der Waals surface area contributed by atoms with Gasteiger partial charge in [-0.2, -0.15) is 0 Å². The maximum Gasteiger partial charge on any atom is 0.333 e. The van der Waals surface area contributed by atoms with Crippen molar-refractivity contribution in [1.29, 1.82) is 0 Å². The van der Waals surface area contributed by atoms with E-state index in [2.05, 4.69) is 0 Å². The number of aliphatic carboxylic acids is 1. The van der Waals surface area contributed by atoms with Crippen LogP contribution in [0.4, 0.5) is 0 Å². The topological polar surface area (TPSA) is 66.8 Å². The van der Waals surface area contributed by atoms with Gasteiger partial charge in [0.25, 0.3) is 0 Å². The molecule has 1 aromatic carbocycles. The lowest BCUT2D eigenvalue weighted by molar-refractivity contribution is -0.135. The molecule has 5 nitrogen and oxygen atoms in total. The predicted molar refractivity (Wildman–Crippen MR) is 94.8 cm³/mol. The Bertz CT molecular complexity index is 741. The number of carboxylic acid groups (broad SMARTS) is 1. The van der Waals surface area contributed by atoms with Gasteiger partial charge < -0.3 is 14.7 Å². The predicted octanol–water partition coefficient (Wildman–Crippen LogP) is 3.85.